The first-order chi connectivity index (χ1) is 8.66. The Morgan fingerprint density at radius 3 is 2.22 bits per heavy atom. The van der Waals surface area contributed by atoms with Crippen molar-refractivity contribution in [1.29, 1.82) is 0 Å². The predicted octanol–water partition coefficient (Wildman–Crippen LogP) is 4.25. The topological polar surface area (TPSA) is 25.2 Å². The summed E-state index contributed by atoms with van der Waals surface area (Å²) in [6.07, 6.45) is 3.49. The van der Waals surface area contributed by atoms with Crippen LogP contribution in [-0.4, -0.2) is 0 Å². The van der Waals surface area contributed by atoms with Crippen LogP contribution in [0.25, 0.3) is 0 Å². The Hall–Kier alpha value is -1.54. The van der Waals surface area contributed by atoms with Gasteiger partial charge in [-0.25, -0.2) is 0 Å². The molecule has 1 heterocycles. The molecule has 2 rings (SSSR count). The summed E-state index contributed by atoms with van der Waals surface area (Å²) in [5.74, 6) is 0.591. The zero-order valence-electron chi connectivity index (χ0n) is 11.3. The lowest BCUT2D eigenvalue weighted by Crippen LogP contribution is -2.17. The second-order valence-corrected chi connectivity index (χ2v) is 5.06. The largest absolute Gasteiger partial charge is 0.472 e. The second-order valence-electron chi connectivity index (χ2n) is 5.06. The van der Waals surface area contributed by atoms with E-state index in [2.05, 4.69) is 50.4 Å². The molecule has 0 aliphatic rings. The van der Waals surface area contributed by atoms with Crippen LogP contribution in [-0.2, 0) is 6.54 Å². The second kappa shape index (κ2) is 5.87. The van der Waals surface area contributed by atoms with Crippen LogP contribution < -0.4 is 5.32 Å². The van der Waals surface area contributed by atoms with Crippen molar-refractivity contribution in [3.63, 3.8) is 0 Å². The molecule has 96 valence electrons. The van der Waals surface area contributed by atoms with Crippen LogP contribution >= 0.6 is 0 Å². The van der Waals surface area contributed by atoms with E-state index in [-0.39, 0.29) is 0 Å². The van der Waals surface area contributed by atoms with Crippen LogP contribution in [0, 0.1) is 0 Å². The molecule has 0 amide bonds. The summed E-state index contributed by atoms with van der Waals surface area (Å²) < 4.78 is 5.05. The molecular formula is C16H21NO. The van der Waals surface area contributed by atoms with Crippen molar-refractivity contribution >= 4 is 0 Å². The zero-order chi connectivity index (χ0) is 13.0. The van der Waals surface area contributed by atoms with Crippen LogP contribution in [0.15, 0.2) is 47.3 Å². The van der Waals surface area contributed by atoms with Gasteiger partial charge in [0.15, 0.2) is 0 Å². The first-order valence-electron chi connectivity index (χ1n) is 6.51. The van der Waals surface area contributed by atoms with E-state index in [1.165, 1.54) is 16.7 Å². The van der Waals surface area contributed by atoms with Crippen molar-refractivity contribution in [2.75, 3.05) is 0 Å². The Morgan fingerprint density at radius 2 is 1.67 bits per heavy atom. The van der Waals surface area contributed by atoms with Gasteiger partial charge in [0.2, 0.25) is 0 Å². The summed E-state index contributed by atoms with van der Waals surface area (Å²) in [6.45, 7) is 7.46. The molecular weight excluding hydrogens is 222 g/mol. The molecule has 0 fully saturated rings. The van der Waals surface area contributed by atoms with Crippen LogP contribution in [0.5, 0.6) is 0 Å². The molecule has 1 aromatic heterocycles. The van der Waals surface area contributed by atoms with Gasteiger partial charge >= 0.3 is 0 Å². The van der Waals surface area contributed by atoms with Crippen molar-refractivity contribution < 1.29 is 4.42 Å². The fourth-order valence-electron chi connectivity index (χ4n) is 1.95. The fourth-order valence-corrected chi connectivity index (χ4v) is 1.95. The number of hydrogen-bond acceptors (Lipinski definition) is 2. The molecule has 1 atom stereocenters. The maximum Gasteiger partial charge on any atom is 0.0947 e. The molecule has 2 aromatic rings. The van der Waals surface area contributed by atoms with Crippen LogP contribution in [0.3, 0.4) is 0 Å². The van der Waals surface area contributed by atoms with Gasteiger partial charge in [-0.3, -0.25) is 0 Å². The van der Waals surface area contributed by atoms with Crippen molar-refractivity contribution in [3.05, 3.63) is 59.5 Å². The molecule has 0 bridgehead atoms. The molecule has 1 unspecified atom stereocenters. The first kappa shape index (κ1) is 12.9. The van der Waals surface area contributed by atoms with Gasteiger partial charge in [0, 0.05) is 18.2 Å². The van der Waals surface area contributed by atoms with E-state index in [0.29, 0.717) is 12.0 Å². The van der Waals surface area contributed by atoms with Gasteiger partial charge in [0.25, 0.3) is 0 Å². The Bertz CT molecular complexity index is 456. The molecule has 0 saturated carbocycles. The normalized spacial score (nSPS) is 12.9. The highest BCUT2D eigenvalue weighted by molar-refractivity contribution is 5.26. The maximum absolute atomic E-state index is 5.05. The quantitative estimate of drug-likeness (QED) is 0.849. The number of rotatable bonds is 5. The lowest BCUT2D eigenvalue weighted by molar-refractivity contribution is 0.546. The molecule has 2 nitrogen and oxygen atoms in total. The summed E-state index contributed by atoms with van der Waals surface area (Å²) in [4.78, 5) is 0. The number of hydrogen-bond donors (Lipinski definition) is 1. The van der Waals surface area contributed by atoms with E-state index in [1.807, 2.05) is 6.07 Å². The summed E-state index contributed by atoms with van der Waals surface area (Å²) >= 11 is 0. The lowest BCUT2D eigenvalue weighted by Gasteiger charge is -2.15. The van der Waals surface area contributed by atoms with Gasteiger partial charge in [-0.05, 0) is 30.0 Å². The fraction of sp³-hybridized carbons (Fsp3) is 0.375. The van der Waals surface area contributed by atoms with Gasteiger partial charge in [0.1, 0.15) is 0 Å². The monoisotopic (exact) mass is 243 g/mol. The molecule has 0 aliphatic carbocycles. The maximum atomic E-state index is 5.05. The van der Waals surface area contributed by atoms with E-state index >= 15 is 0 Å². The first-order valence-corrected chi connectivity index (χ1v) is 6.51. The molecule has 2 heteroatoms. The van der Waals surface area contributed by atoms with E-state index < -0.39 is 0 Å². The SMILES string of the molecule is CC(C)c1ccc(C(C)NCc2ccoc2)cc1. The Balaban J connectivity index is 1.94. The molecule has 1 N–H and O–H groups in total. The van der Waals surface area contributed by atoms with Gasteiger partial charge in [0.05, 0.1) is 12.5 Å². The van der Waals surface area contributed by atoms with Crippen LogP contribution in [0.1, 0.15) is 49.4 Å². The molecule has 0 saturated heterocycles. The minimum atomic E-state index is 0.348. The van der Waals surface area contributed by atoms with Crippen molar-refractivity contribution in [2.45, 2.75) is 39.3 Å². The minimum Gasteiger partial charge on any atom is -0.472 e. The summed E-state index contributed by atoms with van der Waals surface area (Å²) in [7, 11) is 0. The molecule has 0 aliphatic heterocycles. The minimum absolute atomic E-state index is 0.348. The van der Waals surface area contributed by atoms with Gasteiger partial charge < -0.3 is 9.73 Å². The Labute approximate surface area is 109 Å². The van der Waals surface area contributed by atoms with Gasteiger partial charge in [-0.2, -0.15) is 0 Å². The smallest absolute Gasteiger partial charge is 0.0947 e. The Kier molecular flexibility index (Phi) is 4.21. The standard InChI is InChI=1S/C16H21NO/c1-12(2)15-4-6-16(7-5-15)13(3)17-10-14-8-9-18-11-14/h4-9,11-13,17H,10H2,1-3H3. The van der Waals surface area contributed by atoms with E-state index in [1.54, 1.807) is 12.5 Å². The van der Waals surface area contributed by atoms with Gasteiger partial charge in [-0.15, -0.1) is 0 Å². The summed E-state index contributed by atoms with van der Waals surface area (Å²) in [6, 6.07) is 11.2. The number of nitrogens with one attached hydrogen (secondary N) is 1. The van der Waals surface area contributed by atoms with Crippen molar-refractivity contribution in [1.82, 2.24) is 5.32 Å². The van der Waals surface area contributed by atoms with Crippen molar-refractivity contribution in [2.24, 2.45) is 0 Å². The molecule has 0 radical (unpaired) electrons. The molecule has 1 aromatic carbocycles. The summed E-state index contributed by atoms with van der Waals surface area (Å²) in [5.41, 5.74) is 3.89. The predicted molar refractivity (Wildman–Crippen MR) is 74.5 cm³/mol. The molecule has 18 heavy (non-hydrogen) atoms. The molecule has 0 spiro atoms. The van der Waals surface area contributed by atoms with Crippen molar-refractivity contribution in [3.8, 4) is 0 Å². The number of benzene rings is 1. The van der Waals surface area contributed by atoms with Crippen LogP contribution in [0.2, 0.25) is 0 Å². The van der Waals surface area contributed by atoms with Crippen LogP contribution in [0.4, 0.5) is 0 Å². The highest BCUT2D eigenvalue weighted by atomic mass is 16.3. The lowest BCUT2D eigenvalue weighted by atomic mass is 9.99. The number of furan rings is 1. The summed E-state index contributed by atoms with van der Waals surface area (Å²) in [5, 5.41) is 3.49. The van der Waals surface area contributed by atoms with E-state index in [4.69, 9.17) is 4.42 Å². The highest BCUT2D eigenvalue weighted by Gasteiger charge is 2.06. The van der Waals surface area contributed by atoms with E-state index in [0.717, 1.165) is 6.54 Å². The zero-order valence-corrected chi connectivity index (χ0v) is 11.3. The van der Waals surface area contributed by atoms with Gasteiger partial charge in [-0.1, -0.05) is 38.1 Å². The Morgan fingerprint density at radius 1 is 1.00 bits per heavy atom. The average molecular weight is 243 g/mol. The average Bonchev–Trinajstić information content (AvgIpc) is 2.89. The third kappa shape index (κ3) is 3.23. The highest BCUT2D eigenvalue weighted by Crippen LogP contribution is 2.18. The third-order valence-corrected chi connectivity index (χ3v) is 3.30. The third-order valence-electron chi connectivity index (χ3n) is 3.30. The van der Waals surface area contributed by atoms with E-state index in [9.17, 15) is 0 Å².